The molecule has 0 bridgehead atoms. The Labute approximate surface area is 200 Å². The summed E-state index contributed by atoms with van der Waals surface area (Å²) in [4.78, 5) is 17.9. The number of aromatic nitrogens is 2. The van der Waals surface area contributed by atoms with Crippen molar-refractivity contribution in [3.8, 4) is 17.1 Å². The lowest BCUT2D eigenvalue weighted by molar-refractivity contribution is 0.0941. The van der Waals surface area contributed by atoms with E-state index in [0.29, 0.717) is 63.9 Å². The molecule has 8 heteroatoms. The number of fused-ring (bicyclic) bond motifs is 1. The van der Waals surface area contributed by atoms with E-state index in [0.717, 1.165) is 5.56 Å². The van der Waals surface area contributed by atoms with Crippen molar-refractivity contribution in [1.82, 2.24) is 9.55 Å². The first-order chi connectivity index (χ1) is 15.5. The van der Waals surface area contributed by atoms with Crippen LogP contribution in [0, 0.1) is 0 Å². The first-order valence-electron chi connectivity index (χ1n) is 9.94. The van der Waals surface area contributed by atoms with E-state index in [1.54, 1.807) is 41.0 Å². The third-order valence-electron chi connectivity index (χ3n) is 4.82. The van der Waals surface area contributed by atoms with Gasteiger partial charge in [0.1, 0.15) is 23.2 Å². The molecule has 0 fully saturated rings. The highest BCUT2D eigenvalue weighted by atomic mass is 35.5. The van der Waals surface area contributed by atoms with Crippen LogP contribution in [-0.4, -0.2) is 29.4 Å². The maximum absolute atomic E-state index is 13.2. The maximum atomic E-state index is 13.2. The van der Waals surface area contributed by atoms with Gasteiger partial charge in [-0.2, -0.15) is 0 Å². The van der Waals surface area contributed by atoms with Gasteiger partial charge in [-0.1, -0.05) is 53.0 Å². The van der Waals surface area contributed by atoms with Crippen LogP contribution in [0.4, 0.5) is 0 Å². The molecule has 4 aromatic rings. The predicted molar refractivity (Wildman–Crippen MR) is 129 cm³/mol. The van der Waals surface area contributed by atoms with Gasteiger partial charge < -0.3 is 9.47 Å². The largest absolute Gasteiger partial charge is 0.490 e. The lowest BCUT2D eigenvalue weighted by Crippen LogP contribution is -2.26. The summed E-state index contributed by atoms with van der Waals surface area (Å²) in [5, 5.41) is 1.98. The molecule has 0 unspecified atom stereocenters. The van der Waals surface area contributed by atoms with Gasteiger partial charge in [-0.25, -0.2) is 4.98 Å². The quantitative estimate of drug-likeness (QED) is 0.280. The zero-order chi connectivity index (χ0) is 22.5. The molecule has 5 nitrogen and oxygen atoms in total. The molecule has 164 valence electrons. The summed E-state index contributed by atoms with van der Waals surface area (Å²) in [6, 6.07) is 19.7. The van der Waals surface area contributed by atoms with Crippen molar-refractivity contribution >= 4 is 45.7 Å². The second kappa shape index (κ2) is 10.4. The van der Waals surface area contributed by atoms with Gasteiger partial charge >= 0.3 is 0 Å². The van der Waals surface area contributed by atoms with Crippen LogP contribution in [0.25, 0.3) is 22.3 Å². The number of para-hydroxylation sites is 1. The van der Waals surface area contributed by atoms with Crippen molar-refractivity contribution in [2.45, 2.75) is 6.54 Å². The molecule has 0 saturated carbocycles. The van der Waals surface area contributed by atoms with E-state index in [1.165, 1.54) is 0 Å². The van der Waals surface area contributed by atoms with E-state index in [1.807, 2.05) is 30.3 Å². The predicted octanol–water partition coefficient (Wildman–Crippen LogP) is 6.12. The molecule has 0 aliphatic heterocycles. The summed E-state index contributed by atoms with van der Waals surface area (Å²) in [5.41, 5.74) is 1.33. The minimum absolute atomic E-state index is 0.119. The highest BCUT2D eigenvalue weighted by molar-refractivity contribution is 6.42. The Hall–Kier alpha value is -2.57. The SMILES string of the molecule is O=c1c2ccccc2nc(-c2ccc(Cl)cc2)n1CCOCCOc1cccc(Cl)c1Cl. The van der Waals surface area contributed by atoms with Crippen LogP contribution in [0.2, 0.25) is 15.1 Å². The lowest BCUT2D eigenvalue weighted by atomic mass is 10.2. The van der Waals surface area contributed by atoms with Crippen LogP contribution in [-0.2, 0) is 11.3 Å². The van der Waals surface area contributed by atoms with Crippen LogP contribution in [0.15, 0.2) is 71.5 Å². The molecule has 0 atom stereocenters. The highest BCUT2D eigenvalue weighted by Gasteiger charge is 2.13. The molecular formula is C24H19Cl3N2O3. The Balaban J connectivity index is 1.46. The topological polar surface area (TPSA) is 53.4 Å². The van der Waals surface area contributed by atoms with Crippen molar-refractivity contribution in [2.24, 2.45) is 0 Å². The standard InChI is InChI=1S/C24H19Cl3N2O3/c25-17-10-8-16(9-11-17)23-28-20-6-2-1-4-18(20)24(30)29(23)12-13-31-14-15-32-21-7-3-5-19(26)22(21)27/h1-11H,12-15H2. The number of benzene rings is 3. The third kappa shape index (κ3) is 5.08. The van der Waals surface area contributed by atoms with Gasteiger partial charge in [0, 0.05) is 10.6 Å². The average Bonchev–Trinajstić information content (AvgIpc) is 2.80. The van der Waals surface area contributed by atoms with Crippen LogP contribution < -0.4 is 10.3 Å². The minimum atomic E-state index is -0.119. The molecule has 0 saturated heterocycles. The van der Waals surface area contributed by atoms with E-state index >= 15 is 0 Å². The molecule has 3 aromatic carbocycles. The molecule has 0 radical (unpaired) electrons. The molecule has 0 aliphatic carbocycles. The normalized spacial score (nSPS) is 11.1. The molecule has 1 aromatic heterocycles. The molecule has 4 rings (SSSR count). The molecule has 0 spiro atoms. The number of nitrogens with zero attached hydrogens (tertiary/aromatic N) is 2. The van der Waals surface area contributed by atoms with Gasteiger partial charge in [-0.05, 0) is 48.5 Å². The maximum Gasteiger partial charge on any atom is 0.261 e. The van der Waals surface area contributed by atoms with E-state index < -0.39 is 0 Å². The molecule has 0 N–H and O–H groups in total. The second-order valence-corrected chi connectivity index (χ2v) is 8.15. The first kappa shape index (κ1) is 22.6. The molecule has 0 aliphatic rings. The first-order valence-corrected chi connectivity index (χ1v) is 11.1. The Kier molecular flexibility index (Phi) is 7.33. The van der Waals surface area contributed by atoms with Crippen molar-refractivity contribution < 1.29 is 9.47 Å². The summed E-state index contributed by atoms with van der Waals surface area (Å²) >= 11 is 18.1. The van der Waals surface area contributed by atoms with Gasteiger partial charge in [0.15, 0.2) is 0 Å². The van der Waals surface area contributed by atoms with Crippen LogP contribution in [0.5, 0.6) is 5.75 Å². The Bertz CT molecular complexity index is 1290. The fourth-order valence-electron chi connectivity index (χ4n) is 3.26. The van der Waals surface area contributed by atoms with E-state index in [4.69, 9.17) is 49.3 Å². The van der Waals surface area contributed by atoms with Gasteiger partial charge in [0.25, 0.3) is 5.56 Å². The van der Waals surface area contributed by atoms with Gasteiger partial charge in [0.05, 0.1) is 35.7 Å². The number of ether oxygens (including phenoxy) is 2. The van der Waals surface area contributed by atoms with E-state index in [9.17, 15) is 4.79 Å². The highest BCUT2D eigenvalue weighted by Crippen LogP contribution is 2.31. The van der Waals surface area contributed by atoms with Crippen molar-refractivity contribution in [2.75, 3.05) is 19.8 Å². The summed E-state index contributed by atoms with van der Waals surface area (Å²) < 4.78 is 12.9. The fraction of sp³-hybridized carbons (Fsp3) is 0.167. The third-order valence-corrected chi connectivity index (χ3v) is 5.88. The zero-order valence-electron chi connectivity index (χ0n) is 16.9. The summed E-state index contributed by atoms with van der Waals surface area (Å²) in [6.07, 6.45) is 0. The Morgan fingerprint density at radius 3 is 2.44 bits per heavy atom. The van der Waals surface area contributed by atoms with E-state index in [-0.39, 0.29) is 5.56 Å². The summed E-state index contributed by atoms with van der Waals surface area (Å²) in [6.45, 7) is 1.28. The van der Waals surface area contributed by atoms with Crippen LogP contribution >= 0.6 is 34.8 Å². The monoisotopic (exact) mass is 488 g/mol. The second-order valence-electron chi connectivity index (χ2n) is 6.93. The minimum Gasteiger partial charge on any atom is -0.490 e. The molecular weight excluding hydrogens is 471 g/mol. The summed E-state index contributed by atoms with van der Waals surface area (Å²) in [7, 11) is 0. The lowest BCUT2D eigenvalue weighted by Gasteiger charge is -2.14. The van der Waals surface area contributed by atoms with Gasteiger partial charge in [-0.15, -0.1) is 0 Å². The van der Waals surface area contributed by atoms with Crippen molar-refractivity contribution in [1.29, 1.82) is 0 Å². The Morgan fingerprint density at radius 2 is 1.62 bits per heavy atom. The summed E-state index contributed by atoms with van der Waals surface area (Å²) in [5.74, 6) is 1.07. The van der Waals surface area contributed by atoms with Crippen LogP contribution in [0.1, 0.15) is 0 Å². The van der Waals surface area contributed by atoms with E-state index in [2.05, 4.69) is 0 Å². The van der Waals surface area contributed by atoms with Crippen molar-refractivity contribution in [3.63, 3.8) is 0 Å². The number of rotatable bonds is 8. The number of hydrogen-bond acceptors (Lipinski definition) is 4. The van der Waals surface area contributed by atoms with Gasteiger partial charge in [0.2, 0.25) is 0 Å². The molecule has 1 heterocycles. The van der Waals surface area contributed by atoms with Crippen LogP contribution in [0.3, 0.4) is 0 Å². The number of hydrogen-bond donors (Lipinski definition) is 0. The fourth-order valence-corrected chi connectivity index (χ4v) is 3.73. The Morgan fingerprint density at radius 1 is 0.844 bits per heavy atom. The number of halogens is 3. The average molecular weight is 490 g/mol. The zero-order valence-corrected chi connectivity index (χ0v) is 19.2. The van der Waals surface area contributed by atoms with Gasteiger partial charge in [-0.3, -0.25) is 9.36 Å². The smallest absolute Gasteiger partial charge is 0.261 e. The molecule has 32 heavy (non-hydrogen) atoms. The van der Waals surface area contributed by atoms with Crippen molar-refractivity contribution in [3.05, 3.63) is 92.2 Å². The molecule has 0 amide bonds.